The van der Waals surface area contributed by atoms with E-state index in [0.29, 0.717) is 29.6 Å². The molecule has 0 aliphatic carbocycles. The minimum absolute atomic E-state index is 0.0521. The van der Waals surface area contributed by atoms with E-state index in [-0.39, 0.29) is 11.9 Å². The Morgan fingerprint density at radius 2 is 2.25 bits per heavy atom. The van der Waals surface area contributed by atoms with Crippen molar-refractivity contribution >= 4 is 29.1 Å². The van der Waals surface area contributed by atoms with Crippen LogP contribution in [-0.4, -0.2) is 36.2 Å². The number of carbonyl (C=O) groups excluding carboxylic acids is 1. The first kappa shape index (κ1) is 15.6. The summed E-state index contributed by atoms with van der Waals surface area (Å²) in [4.78, 5) is 11.8. The molecule has 0 radical (unpaired) electrons. The van der Waals surface area contributed by atoms with Gasteiger partial charge in [-0.05, 0) is 37.0 Å². The number of benzene rings is 1. The number of hydrogen-bond donors (Lipinski definition) is 3. The lowest BCUT2D eigenvalue weighted by Crippen LogP contribution is -2.40. The number of aliphatic hydroxyl groups is 1. The Hall–Kier alpha value is -0.810. The molecule has 1 amide bonds. The van der Waals surface area contributed by atoms with E-state index < -0.39 is 6.10 Å². The molecule has 0 aromatic heterocycles. The molecule has 110 valence electrons. The van der Waals surface area contributed by atoms with Gasteiger partial charge in [0.15, 0.2) is 0 Å². The van der Waals surface area contributed by atoms with Gasteiger partial charge in [0.1, 0.15) is 0 Å². The molecule has 1 aromatic carbocycles. The van der Waals surface area contributed by atoms with Crippen molar-refractivity contribution in [2.75, 3.05) is 13.1 Å². The minimum Gasteiger partial charge on any atom is -0.392 e. The average molecular weight is 317 g/mol. The fourth-order valence-corrected chi connectivity index (χ4v) is 2.76. The second kappa shape index (κ2) is 7.27. The van der Waals surface area contributed by atoms with Gasteiger partial charge >= 0.3 is 0 Å². The molecule has 0 saturated carbocycles. The average Bonchev–Trinajstić information content (AvgIpc) is 2.83. The largest absolute Gasteiger partial charge is 0.392 e. The molecular weight excluding hydrogens is 299 g/mol. The van der Waals surface area contributed by atoms with E-state index in [1.807, 2.05) is 12.1 Å². The maximum Gasteiger partial charge on any atom is 0.237 e. The molecule has 1 saturated heterocycles. The van der Waals surface area contributed by atoms with E-state index in [1.165, 1.54) is 0 Å². The Kier molecular flexibility index (Phi) is 5.66. The number of rotatable bonds is 5. The second-order valence-electron chi connectivity index (χ2n) is 4.98. The highest BCUT2D eigenvalue weighted by Crippen LogP contribution is 2.21. The molecule has 2 rings (SSSR count). The van der Waals surface area contributed by atoms with Gasteiger partial charge < -0.3 is 15.7 Å². The van der Waals surface area contributed by atoms with Crippen molar-refractivity contribution in [3.05, 3.63) is 33.8 Å². The molecular formula is C14H18Cl2N2O2. The third-order valence-electron chi connectivity index (χ3n) is 3.36. The third-order valence-corrected chi connectivity index (χ3v) is 3.95. The first-order chi connectivity index (χ1) is 9.56. The van der Waals surface area contributed by atoms with Gasteiger partial charge in [-0.2, -0.15) is 0 Å². The van der Waals surface area contributed by atoms with Crippen LogP contribution in [-0.2, 0) is 11.2 Å². The highest BCUT2D eigenvalue weighted by molar-refractivity contribution is 6.35. The summed E-state index contributed by atoms with van der Waals surface area (Å²) >= 11 is 11.9. The number of aryl methyl sites for hydroxylation is 1. The normalized spacial score (nSPS) is 21.9. The van der Waals surface area contributed by atoms with E-state index >= 15 is 0 Å². The van der Waals surface area contributed by atoms with Crippen molar-refractivity contribution in [3.8, 4) is 0 Å². The Balaban J connectivity index is 1.70. The molecule has 0 spiro atoms. The van der Waals surface area contributed by atoms with Crippen LogP contribution in [0.2, 0.25) is 10.0 Å². The number of aliphatic hydroxyl groups excluding tert-OH is 1. The van der Waals surface area contributed by atoms with Gasteiger partial charge in [0.2, 0.25) is 5.91 Å². The van der Waals surface area contributed by atoms with Crippen molar-refractivity contribution in [2.24, 2.45) is 0 Å². The van der Waals surface area contributed by atoms with E-state index in [1.54, 1.807) is 6.07 Å². The maximum absolute atomic E-state index is 11.8. The van der Waals surface area contributed by atoms with E-state index in [4.69, 9.17) is 23.2 Å². The summed E-state index contributed by atoms with van der Waals surface area (Å²) in [5.74, 6) is -0.0521. The predicted octanol–water partition coefficient (Wildman–Crippen LogP) is 1.77. The number of halogens is 2. The number of nitrogens with one attached hydrogen (secondary N) is 2. The zero-order valence-corrected chi connectivity index (χ0v) is 12.5. The van der Waals surface area contributed by atoms with Crippen LogP contribution in [0.25, 0.3) is 0 Å². The second-order valence-corrected chi connectivity index (χ2v) is 5.82. The summed E-state index contributed by atoms with van der Waals surface area (Å²) in [6, 6.07) is 5.16. The SMILES string of the molecule is O=C(NCCCc1ccc(Cl)cc1Cl)C1CC(O)CN1. The van der Waals surface area contributed by atoms with Crippen LogP contribution in [0.4, 0.5) is 0 Å². The molecule has 2 atom stereocenters. The molecule has 6 heteroatoms. The fourth-order valence-electron chi connectivity index (χ4n) is 2.25. The lowest BCUT2D eigenvalue weighted by molar-refractivity contribution is -0.122. The Bertz CT molecular complexity index is 482. The van der Waals surface area contributed by atoms with Gasteiger partial charge in [-0.25, -0.2) is 0 Å². The van der Waals surface area contributed by atoms with Crippen molar-refractivity contribution in [3.63, 3.8) is 0 Å². The van der Waals surface area contributed by atoms with Crippen LogP contribution in [0.5, 0.6) is 0 Å². The van der Waals surface area contributed by atoms with E-state index in [0.717, 1.165) is 18.4 Å². The summed E-state index contributed by atoms with van der Waals surface area (Å²) in [6.07, 6.45) is 1.66. The maximum atomic E-state index is 11.8. The van der Waals surface area contributed by atoms with Crippen molar-refractivity contribution in [1.29, 1.82) is 0 Å². The summed E-state index contributed by atoms with van der Waals surface area (Å²) < 4.78 is 0. The standard InChI is InChI=1S/C14H18Cl2N2O2/c15-10-4-3-9(12(16)6-10)2-1-5-17-14(20)13-7-11(19)8-18-13/h3-4,6,11,13,18-19H,1-2,5,7-8H2,(H,17,20). The van der Waals surface area contributed by atoms with Crippen LogP contribution < -0.4 is 10.6 Å². The highest BCUT2D eigenvalue weighted by Gasteiger charge is 2.27. The first-order valence-corrected chi connectivity index (χ1v) is 7.45. The van der Waals surface area contributed by atoms with Crippen LogP contribution in [0.15, 0.2) is 18.2 Å². The highest BCUT2D eigenvalue weighted by atomic mass is 35.5. The van der Waals surface area contributed by atoms with Crippen LogP contribution in [0.1, 0.15) is 18.4 Å². The quantitative estimate of drug-likeness (QED) is 0.725. The lowest BCUT2D eigenvalue weighted by Gasteiger charge is -2.11. The molecule has 0 bridgehead atoms. The summed E-state index contributed by atoms with van der Waals surface area (Å²) in [7, 11) is 0. The van der Waals surface area contributed by atoms with Gasteiger partial charge in [0, 0.05) is 23.1 Å². The monoisotopic (exact) mass is 316 g/mol. The molecule has 20 heavy (non-hydrogen) atoms. The topological polar surface area (TPSA) is 61.4 Å². The summed E-state index contributed by atoms with van der Waals surface area (Å²) in [5, 5.41) is 16.5. The van der Waals surface area contributed by atoms with Gasteiger partial charge in [-0.15, -0.1) is 0 Å². The lowest BCUT2D eigenvalue weighted by atomic mass is 10.1. The Labute approximate surface area is 128 Å². The van der Waals surface area contributed by atoms with Crippen molar-refractivity contribution in [2.45, 2.75) is 31.4 Å². The van der Waals surface area contributed by atoms with Crippen LogP contribution >= 0.6 is 23.2 Å². The zero-order valence-electron chi connectivity index (χ0n) is 11.0. The third kappa shape index (κ3) is 4.35. The van der Waals surface area contributed by atoms with Crippen LogP contribution in [0.3, 0.4) is 0 Å². The summed E-state index contributed by atoms with van der Waals surface area (Å²) in [6.45, 7) is 1.07. The van der Waals surface area contributed by atoms with Gasteiger partial charge in [-0.1, -0.05) is 29.3 Å². The molecule has 1 fully saturated rings. The van der Waals surface area contributed by atoms with E-state index in [9.17, 15) is 9.90 Å². The Morgan fingerprint density at radius 3 is 2.90 bits per heavy atom. The first-order valence-electron chi connectivity index (χ1n) is 6.69. The van der Waals surface area contributed by atoms with Crippen molar-refractivity contribution in [1.82, 2.24) is 10.6 Å². The molecule has 4 nitrogen and oxygen atoms in total. The smallest absolute Gasteiger partial charge is 0.237 e. The fraction of sp³-hybridized carbons (Fsp3) is 0.500. The Morgan fingerprint density at radius 1 is 1.45 bits per heavy atom. The molecule has 3 N–H and O–H groups in total. The molecule has 1 heterocycles. The molecule has 1 aromatic rings. The molecule has 1 aliphatic rings. The molecule has 1 aliphatic heterocycles. The zero-order chi connectivity index (χ0) is 14.5. The predicted molar refractivity (Wildman–Crippen MR) is 80.2 cm³/mol. The van der Waals surface area contributed by atoms with Gasteiger partial charge in [0.05, 0.1) is 12.1 Å². The summed E-state index contributed by atoms with van der Waals surface area (Å²) in [5.41, 5.74) is 1.03. The van der Waals surface area contributed by atoms with Crippen molar-refractivity contribution < 1.29 is 9.90 Å². The number of amides is 1. The minimum atomic E-state index is -0.418. The van der Waals surface area contributed by atoms with Gasteiger partial charge in [0.25, 0.3) is 0 Å². The molecule has 2 unspecified atom stereocenters. The number of carbonyl (C=O) groups is 1. The number of hydrogen-bond acceptors (Lipinski definition) is 3. The van der Waals surface area contributed by atoms with E-state index in [2.05, 4.69) is 10.6 Å². The van der Waals surface area contributed by atoms with Gasteiger partial charge in [-0.3, -0.25) is 4.79 Å². The number of β-amino-alcohol motifs (C(OH)–C–C–N with tert-alkyl or cyclic N) is 1. The van der Waals surface area contributed by atoms with Crippen LogP contribution in [0, 0.1) is 0 Å².